The lowest BCUT2D eigenvalue weighted by atomic mass is 10.1. The third kappa shape index (κ3) is 5.27. The second-order valence-corrected chi connectivity index (χ2v) is 6.32. The Balaban J connectivity index is 1.56. The molecule has 3 rings (SSSR count). The third-order valence-electron chi connectivity index (χ3n) is 4.31. The highest BCUT2D eigenvalue weighted by molar-refractivity contribution is 5.97. The molecule has 0 aromatic heterocycles. The molecule has 1 aliphatic rings. The van der Waals surface area contributed by atoms with E-state index in [-0.39, 0.29) is 24.2 Å². The third-order valence-corrected chi connectivity index (χ3v) is 4.31. The van der Waals surface area contributed by atoms with Crippen molar-refractivity contribution in [1.29, 1.82) is 0 Å². The number of carbonyl (C=O) groups excluding carboxylic acids is 2. The minimum absolute atomic E-state index is 0.0844. The zero-order valence-electron chi connectivity index (χ0n) is 14.8. The zero-order valence-corrected chi connectivity index (χ0v) is 14.8. The maximum atomic E-state index is 13.6. The number of anilines is 1. The van der Waals surface area contributed by atoms with Gasteiger partial charge in [0.25, 0.3) is 11.8 Å². The molecule has 6 nitrogen and oxygen atoms in total. The van der Waals surface area contributed by atoms with Crippen molar-refractivity contribution in [2.75, 3.05) is 25.0 Å². The molecule has 0 spiro atoms. The smallest absolute Gasteiger partial charge is 0.262 e. The Bertz CT molecular complexity index is 807. The molecule has 2 aromatic rings. The van der Waals surface area contributed by atoms with Gasteiger partial charge in [-0.05, 0) is 43.7 Å². The van der Waals surface area contributed by atoms with Crippen LogP contribution in [0.1, 0.15) is 23.2 Å². The van der Waals surface area contributed by atoms with Crippen LogP contribution in [-0.4, -0.2) is 37.6 Å². The molecular formula is C20H22FN3O3. The second-order valence-electron chi connectivity index (χ2n) is 6.32. The van der Waals surface area contributed by atoms with Crippen molar-refractivity contribution in [1.82, 2.24) is 10.6 Å². The molecule has 2 amide bonds. The molecule has 0 saturated carbocycles. The first kappa shape index (κ1) is 18.8. The first-order chi connectivity index (χ1) is 13.1. The maximum absolute atomic E-state index is 13.6. The van der Waals surface area contributed by atoms with E-state index in [0.717, 1.165) is 19.4 Å². The number of hydrogen-bond acceptors (Lipinski definition) is 4. The van der Waals surface area contributed by atoms with E-state index >= 15 is 0 Å². The van der Waals surface area contributed by atoms with Crippen molar-refractivity contribution < 1.29 is 18.7 Å². The van der Waals surface area contributed by atoms with Gasteiger partial charge < -0.3 is 20.7 Å². The summed E-state index contributed by atoms with van der Waals surface area (Å²) < 4.78 is 19.1. The van der Waals surface area contributed by atoms with Gasteiger partial charge >= 0.3 is 0 Å². The van der Waals surface area contributed by atoms with Crippen LogP contribution in [0.3, 0.4) is 0 Å². The monoisotopic (exact) mass is 371 g/mol. The largest absolute Gasteiger partial charge is 0.483 e. The van der Waals surface area contributed by atoms with Gasteiger partial charge in [-0.3, -0.25) is 9.59 Å². The molecule has 0 aliphatic carbocycles. The average Bonchev–Trinajstić information content (AvgIpc) is 3.20. The summed E-state index contributed by atoms with van der Waals surface area (Å²) in [6.07, 6.45) is 2.14. The molecular weight excluding hydrogens is 349 g/mol. The van der Waals surface area contributed by atoms with Crippen LogP contribution < -0.4 is 20.7 Å². The molecule has 1 aliphatic heterocycles. The number of hydrogen-bond donors (Lipinski definition) is 3. The van der Waals surface area contributed by atoms with Gasteiger partial charge in [0.2, 0.25) is 0 Å². The lowest BCUT2D eigenvalue weighted by Crippen LogP contribution is -2.37. The van der Waals surface area contributed by atoms with Crippen molar-refractivity contribution in [3.8, 4) is 5.75 Å². The Hall–Kier alpha value is -2.93. The van der Waals surface area contributed by atoms with Crippen molar-refractivity contribution in [2.24, 2.45) is 0 Å². The Morgan fingerprint density at radius 1 is 1.15 bits per heavy atom. The number of ether oxygens (including phenoxy) is 1. The molecule has 142 valence electrons. The van der Waals surface area contributed by atoms with Crippen LogP contribution in [0.5, 0.6) is 5.75 Å². The number of carbonyl (C=O) groups is 2. The molecule has 27 heavy (non-hydrogen) atoms. The molecule has 2 aromatic carbocycles. The summed E-state index contributed by atoms with van der Waals surface area (Å²) in [6, 6.07) is 12.9. The molecule has 7 heteroatoms. The quantitative estimate of drug-likeness (QED) is 0.698. The summed E-state index contributed by atoms with van der Waals surface area (Å²) in [5.41, 5.74) is 0.440. The molecule has 1 saturated heterocycles. The molecule has 1 unspecified atom stereocenters. The van der Waals surface area contributed by atoms with E-state index in [1.807, 2.05) is 0 Å². The highest BCUT2D eigenvalue weighted by atomic mass is 19.1. The van der Waals surface area contributed by atoms with E-state index in [2.05, 4.69) is 16.0 Å². The number of para-hydroxylation sites is 2. The van der Waals surface area contributed by atoms with E-state index in [1.165, 1.54) is 18.2 Å². The maximum Gasteiger partial charge on any atom is 0.262 e. The molecule has 3 N–H and O–H groups in total. The lowest BCUT2D eigenvalue weighted by molar-refractivity contribution is -0.118. The summed E-state index contributed by atoms with van der Waals surface area (Å²) in [6.45, 7) is 1.18. The summed E-state index contributed by atoms with van der Waals surface area (Å²) in [5.74, 6) is -0.983. The van der Waals surface area contributed by atoms with Crippen LogP contribution in [0.25, 0.3) is 0 Å². The van der Waals surface area contributed by atoms with Gasteiger partial charge in [0.05, 0.1) is 11.3 Å². The number of amides is 2. The topological polar surface area (TPSA) is 79.5 Å². The molecule has 0 radical (unpaired) electrons. The summed E-state index contributed by atoms with van der Waals surface area (Å²) in [7, 11) is 0. The van der Waals surface area contributed by atoms with E-state index in [1.54, 1.807) is 30.3 Å². The summed E-state index contributed by atoms with van der Waals surface area (Å²) in [4.78, 5) is 24.4. The number of halogens is 1. The standard InChI is InChI=1S/C20H22FN3O3/c21-16-8-2-3-9-17(16)24-19(25)13-27-18-10-4-1-7-15(18)20(26)23-12-14-6-5-11-22-14/h1-4,7-10,14,22H,5-6,11-13H2,(H,23,26)(H,24,25). The molecule has 1 fully saturated rings. The lowest BCUT2D eigenvalue weighted by Gasteiger charge is -2.14. The minimum Gasteiger partial charge on any atom is -0.483 e. The van der Waals surface area contributed by atoms with Crippen molar-refractivity contribution in [3.63, 3.8) is 0 Å². The fraction of sp³-hybridized carbons (Fsp3) is 0.300. The van der Waals surface area contributed by atoms with Gasteiger partial charge in [0.1, 0.15) is 11.6 Å². The highest BCUT2D eigenvalue weighted by Gasteiger charge is 2.17. The van der Waals surface area contributed by atoms with Gasteiger partial charge in [-0.15, -0.1) is 0 Å². The van der Waals surface area contributed by atoms with E-state index in [0.29, 0.717) is 17.9 Å². The Labute approximate surface area is 157 Å². The van der Waals surface area contributed by atoms with E-state index < -0.39 is 11.7 Å². The Morgan fingerprint density at radius 2 is 1.93 bits per heavy atom. The number of nitrogens with one attached hydrogen (secondary N) is 3. The summed E-state index contributed by atoms with van der Waals surface area (Å²) in [5, 5.41) is 8.64. The Kier molecular flexibility index (Phi) is 6.38. The predicted molar refractivity (Wildman–Crippen MR) is 100 cm³/mol. The normalized spacial score (nSPS) is 16.0. The van der Waals surface area contributed by atoms with Gasteiger partial charge in [-0.25, -0.2) is 4.39 Å². The molecule has 1 atom stereocenters. The van der Waals surface area contributed by atoms with Crippen LogP contribution in [-0.2, 0) is 4.79 Å². The van der Waals surface area contributed by atoms with Crippen LogP contribution in [0.2, 0.25) is 0 Å². The average molecular weight is 371 g/mol. The fourth-order valence-corrected chi connectivity index (χ4v) is 2.91. The van der Waals surface area contributed by atoms with Crippen LogP contribution in [0.15, 0.2) is 48.5 Å². The number of benzene rings is 2. The van der Waals surface area contributed by atoms with Crippen LogP contribution >= 0.6 is 0 Å². The summed E-state index contributed by atoms with van der Waals surface area (Å²) >= 11 is 0. The van der Waals surface area contributed by atoms with Gasteiger partial charge in [-0.2, -0.15) is 0 Å². The molecule has 1 heterocycles. The Morgan fingerprint density at radius 3 is 2.70 bits per heavy atom. The molecule has 0 bridgehead atoms. The van der Waals surface area contributed by atoms with E-state index in [9.17, 15) is 14.0 Å². The van der Waals surface area contributed by atoms with Gasteiger partial charge in [0.15, 0.2) is 6.61 Å². The first-order valence-corrected chi connectivity index (χ1v) is 8.91. The van der Waals surface area contributed by atoms with Gasteiger partial charge in [-0.1, -0.05) is 24.3 Å². The fourth-order valence-electron chi connectivity index (χ4n) is 2.91. The number of rotatable bonds is 7. The van der Waals surface area contributed by atoms with Crippen molar-refractivity contribution in [3.05, 3.63) is 59.9 Å². The highest BCUT2D eigenvalue weighted by Crippen LogP contribution is 2.18. The zero-order chi connectivity index (χ0) is 19.1. The van der Waals surface area contributed by atoms with Crippen molar-refractivity contribution in [2.45, 2.75) is 18.9 Å². The second kappa shape index (κ2) is 9.14. The van der Waals surface area contributed by atoms with Gasteiger partial charge in [0, 0.05) is 12.6 Å². The van der Waals surface area contributed by atoms with E-state index in [4.69, 9.17) is 4.74 Å². The van der Waals surface area contributed by atoms with Crippen LogP contribution in [0, 0.1) is 5.82 Å². The van der Waals surface area contributed by atoms with Crippen molar-refractivity contribution >= 4 is 17.5 Å². The first-order valence-electron chi connectivity index (χ1n) is 8.91. The predicted octanol–water partition coefficient (Wildman–Crippen LogP) is 2.32. The van der Waals surface area contributed by atoms with Crippen LogP contribution in [0.4, 0.5) is 10.1 Å². The minimum atomic E-state index is -0.522. The SMILES string of the molecule is O=C(COc1ccccc1C(=O)NCC1CCCN1)Nc1ccccc1F.